The maximum atomic E-state index is 5.81. The van der Waals surface area contributed by atoms with Gasteiger partial charge < -0.3 is 10.1 Å². The highest BCUT2D eigenvalue weighted by atomic mass is 16.5. The van der Waals surface area contributed by atoms with Gasteiger partial charge in [0.05, 0.1) is 13.2 Å². The highest BCUT2D eigenvalue weighted by Gasteiger charge is 2.39. The Morgan fingerprint density at radius 2 is 1.93 bits per heavy atom. The van der Waals surface area contributed by atoms with Crippen molar-refractivity contribution in [3.8, 4) is 0 Å². The van der Waals surface area contributed by atoms with Crippen LogP contribution in [0.5, 0.6) is 0 Å². The van der Waals surface area contributed by atoms with Crippen LogP contribution in [-0.2, 0) is 4.74 Å². The smallest absolute Gasteiger partial charge is 0.0649 e. The van der Waals surface area contributed by atoms with Crippen molar-refractivity contribution in [1.82, 2.24) is 5.32 Å². The third-order valence-corrected chi connectivity index (χ3v) is 4.20. The first-order valence-corrected chi connectivity index (χ1v) is 6.47. The molecule has 0 radical (unpaired) electrons. The van der Waals surface area contributed by atoms with Gasteiger partial charge in [-0.05, 0) is 37.5 Å². The summed E-state index contributed by atoms with van der Waals surface area (Å²) in [6.45, 7) is 8.77. The molecule has 0 bridgehead atoms. The van der Waals surface area contributed by atoms with Gasteiger partial charge in [0.15, 0.2) is 0 Å². The summed E-state index contributed by atoms with van der Waals surface area (Å²) in [7, 11) is 0. The number of hydrogen-bond acceptors (Lipinski definition) is 2. The van der Waals surface area contributed by atoms with E-state index in [9.17, 15) is 0 Å². The highest BCUT2D eigenvalue weighted by molar-refractivity contribution is 4.97. The third kappa shape index (κ3) is 2.54. The van der Waals surface area contributed by atoms with E-state index in [0.717, 1.165) is 19.1 Å². The Labute approximate surface area is 93.8 Å². The van der Waals surface area contributed by atoms with Crippen LogP contribution in [0.4, 0.5) is 0 Å². The lowest BCUT2D eigenvalue weighted by Gasteiger charge is -2.47. The van der Waals surface area contributed by atoms with Gasteiger partial charge >= 0.3 is 0 Å². The molecule has 15 heavy (non-hydrogen) atoms. The summed E-state index contributed by atoms with van der Waals surface area (Å²) in [5.74, 6) is 1.60. The Bertz CT molecular complexity index is 207. The summed E-state index contributed by atoms with van der Waals surface area (Å²) in [5, 5.41) is 3.86. The lowest BCUT2D eigenvalue weighted by molar-refractivity contribution is -0.0325. The lowest BCUT2D eigenvalue weighted by atomic mass is 9.76. The summed E-state index contributed by atoms with van der Waals surface area (Å²) >= 11 is 0. The quantitative estimate of drug-likeness (QED) is 0.720. The molecular weight excluding hydrogens is 186 g/mol. The second kappa shape index (κ2) is 4.42. The SMILES string of the molecule is CC1CCC2(CC1)COC[C@@H](C(C)C)N2. The molecule has 2 aliphatic rings. The van der Waals surface area contributed by atoms with Crippen LogP contribution in [-0.4, -0.2) is 24.8 Å². The van der Waals surface area contributed by atoms with E-state index in [0.29, 0.717) is 17.5 Å². The van der Waals surface area contributed by atoms with Gasteiger partial charge in [-0.1, -0.05) is 20.8 Å². The number of hydrogen-bond donors (Lipinski definition) is 1. The van der Waals surface area contributed by atoms with Crippen molar-refractivity contribution in [3.05, 3.63) is 0 Å². The minimum Gasteiger partial charge on any atom is -0.378 e. The fourth-order valence-corrected chi connectivity index (χ4v) is 2.82. The van der Waals surface area contributed by atoms with Crippen LogP contribution in [0.25, 0.3) is 0 Å². The first kappa shape index (κ1) is 11.4. The molecule has 1 saturated heterocycles. The van der Waals surface area contributed by atoms with Gasteiger partial charge in [-0.2, -0.15) is 0 Å². The fourth-order valence-electron chi connectivity index (χ4n) is 2.82. The monoisotopic (exact) mass is 211 g/mol. The second-order valence-corrected chi connectivity index (χ2v) is 5.97. The van der Waals surface area contributed by atoms with E-state index in [4.69, 9.17) is 4.74 Å². The maximum absolute atomic E-state index is 5.81. The summed E-state index contributed by atoms with van der Waals surface area (Å²) in [4.78, 5) is 0. The van der Waals surface area contributed by atoms with Crippen LogP contribution in [0.2, 0.25) is 0 Å². The van der Waals surface area contributed by atoms with Crippen molar-refractivity contribution in [2.24, 2.45) is 11.8 Å². The van der Waals surface area contributed by atoms with Crippen LogP contribution < -0.4 is 5.32 Å². The standard InChI is InChI=1S/C13H25NO/c1-10(2)12-8-15-9-13(14-12)6-4-11(3)5-7-13/h10-12,14H,4-9H2,1-3H3/t11?,12-,13?/m0/s1. The predicted octanol–water partition coefficient (Wildman–Crippen LogP) is 2.58. The molecule has 1 aliphatic carbocycles. The molecule has 2 rings (SSSR count). The second-order valence-electron chi connectivity index (χ2n) is 5.97. The zero-order valence-electron chi connectivity index (χ0n) is 10.4. The molecule has 2 nitrogen and oxygen atoms in total. The van der Waals surface area contributed by atoms with E-state index < -0.39 is 0 Å². The fraction of sp³-hybridized carbons (Fsp3) is 1.00. The largest absolute Gasteiger partial charge is 0.378 e. The molecule has 0 aromatic heterocycles. The van der Waals surface area contributed by atoms with Crippen LogP contribution in [0.1, 0.15) is 46.5 Å². The normalized spacial score (nSPS) is 42.4. The molecule has 1 aliphatic heterocycles. The maximum Gasteiger partial charge on any atom is 0.0649 e. The molecule has 2 heteroatoms. The molecule has 0 aromatic rings. The number of morpholine rings is 1. The zero-order valence-corrected chi connectivity index (χ0v) is 10.4. The molecule has 0 unspecified atom stereocenters. The Kier molecular flexibility index (Phi) is 3.36. The molecular formula is C13H25NO. The number of rotatable bonds is 1. The van der Waals surface area contributed by atoms with Crippen molar-refractivity contribution in [3.63, 3.8) is 0 Å². The van der Waals surface area contributed by atoms with Gasteiger partial charge in [0.2, 0.25) is 0 Å². The zero-order chi connectivity index (χ0) is 10.9. The van der Waals surface area contributed by atoms with E-state index >= 15 is 0 Å². The average Bonchev–Trinajstić information content (AvgIpc) is 2.23. The van der Waals surface area contributed by atoms with E-state index in [1.54, 1.807) is 0 Å². The van der Waals surface area contributed by atoms with E-state index in [-0.39, 0.29) is 0 Å². The van der Waals surface area contributed by atoms with Gasteiger partial charge in [-0.25, -0.2) is 0 Å². The van der Waals surface area contributed by atoms with Gasteiger partial charge in [-0.3, -0.25) is 0 Å². The molecule has 88 valence electrons. The molecule has 1 N–H and O–H groups in total. The van der Waals surface area contributed by atoms with Crippen LogP contribution in [0, 0.1) is 11.8 Å². The van der Waals surface area contributed by atoms with Crippen LogP contribution in [0.15, 0.2) is 0 Å². The predicted molar refractivity (Wildman–Crippen MR) is 62.9 cm³/mol. The molecule has 1 heterocycles. The molecule has 0 amide bonds. The minimum absolute atomic E-state index is 0.319. The van der Waals surface area contributed by atoms with Crippen LogP contribution >= 0.6 is 0 Å². The van der Waals surface area contributed by atoms with Crippen LogP contribution in [0.3, 0.4) is 0 Å². The molecule has 0 aromatic carbocycles. The Morgan fingerprint density at radius 3 is 2.53 bits per heavy atom. The summed E-state index contributed by atoms with van der Waals surface area (Å²) in [5.41, 5.74) is 0.319. The minimum atomic E-state index is 0.319. The molecule has 1 saturated carbocycles. The molecule has 1 spiro atoms. The summed E-state index contributed by atoms with van der Waals surface area (Å²) in [6.07, 6.45) is 5.33. The Balaban J connectivity index is 1.96. The van der Waals surface area contributed by atoms with Crippen molar-refractivity contribution in [1.29, 1.82) is 0 Å². The van der Waals surface area contributed by atoms with Crippen molar-refractivity contribution in [2.45, 2.75) is 58.0 Å². The number of ether oxygens (including phenoxy) is 1. The topological polar surface area (TPSA) is 21.3 Å². The van der Waals surface area contributed by atoms with Gasteiger partial charge in [0.1, 0.15) is 0 Å². The molecule has 1 atom stereocenters. The number of nitrogens with one attached hydrogen (secondary N) is 1. The van der Waals surface area contributed by atoms with E-state index in [1.165, 1.54) is 25.7 Å². The third-order valence-electron chi connectivity index (χ3n) is 4.20. The highest BCUT2D eigenvalue weighted by Crippen LogP contribution is 2.34. The lowest BCUT2D eigenvalue weighted by Crippen LogP contribution is -2.61. The first-order chi connectivity index (χ1) is 7.11. The Morgan fingerprint density at radius 1 is 1.27 bits per heavy atom. The van der Waals surface area contributed by atoms with Gasteiger partial charge in [0, 0.05) is 11.6 Å². The van der Waals surface area contributed by atoms with Crippen molar-refractivity contribution >= 4 is 0 Å². The summed E-state index contributed by atoms with van der Waals surface area (Å²) < 4.78 is 5.81. The van der Waals surface area contributed by atoms with Crippen molar-refractivity contribution in [2.75, 3.05) is 13.2 Å². The van der Waals surface area contributed by atoms with E-state index in [2.05, 4.69) is 26.1 Å². The average molecular weight is 211 g/mol. The van der Waals surface area contributed by atoms with Crippen molar-refractivity contribution < 1.29 is 4.74 Å². The van der Waals surface area contributed by atoms with Gasteiger partial charge in [-0.15, -0.1) is 0 Å². The van der Waals surface area contributed by atoms with E-state index in [1.807, 2.05) is 0 Å². The summed E-state index contributed by atoms with van der Waals surface area (Å²) in [6, 6.07) is 0.562. The first-order valence-electron chi connectivity index (χ1n) is 6.47. The van der Waals surface area contributed by atoms with Gasteiger partial charge in [0.25, 0.3) is 0 Å². The Hall–Kier alpha value is -0.0800. The molecule has 2 fully saturated rings.